The van der Waals surface area contributed by atoms with Gasteiger partial charge in [0.25, 0.3) is 0 Å². The number of aryl methyl sites for hydroxylation is 1. The summed E-state index contributed by atoms with van der Waals surface area (Å²) in [6.07, 6.45) is 17.3. The molecule has 0 unspecified atom stereocenters. The molecule has 24 heavy (non-hydrogen) atoms. The van der Waals surface area contributed by atoms with Crippen LogP contribution in [0.3, 0.4) is 0 Å². The second-order valence-electron chi connectivity index (χ2n) is 6.49. The zero-order chi connectivity index (χ0) is 17.5. The minimum Gasteiger partial charge on any atom is -0.395 e. The number of hydrogen-bond donors (Lipinski definition) is 2. The minimum atomic E-state index is -0.283. The zero-order valence-electron chi connectivity index (χ0n) is 15.3. The van der Waals surface area contributed by atoms with Crippen molar-refractivity contribution >= 4 is 6.03 Å². The highest BCUT2D eigenvalue weighted by Crippen LogP contribution is 2.12. The van der Waals surface area contributed by atoms with Gasteiger partial charge in [0.1, 0.15) is 0 Å². The summed E-state index contributed by atoms with van der Waals surface area (Å²) >= 11 is 0. The number of rotatable bonds is 14. The summed E-state index contributed by atoms with van der Waals surface area (Å²) in [5.41, 5.74) is 0.963. The molecule has 2 N–H and O–H groups in total. The Morgan fingerprint density at radius 1 is 1.04 bits per heavy atom. The summed E-state index contributed by atoms with van der Waals surface area (Å²) < 4.78 is 1.31. The molecule has 0 atom stereocenters. The van der Waals surface area contributed by atoms with Gasteiger partial charge in [-0.05, 0) is 18.9 Å². The van der Waals surface area contributed by atoms with Crippen LogP contribution in [-0.2, 0) is 6.42 Å². The molecular weight excluding hydrogens is 302 g/mol. The van der Waals surface area contributed by atoms with Gasteiger partial charge in [-0.15, -0.1) is 0 Å². The summed E-state index contributed by atoms with van der Waals surface area (Å²) in [5, 5.41) is 15.5. The van der Waals surface area contributed by atoms with Crippen molar-refractivity contribution < 1.29 is 9.90 Å². The predicted octanol–water partition coefficient (Wildman–Crippen LogP) is 4.29. The van der Waals surface area contributed by atoms with Crippen molar-refractivity contribution in [2.45, 2.75) is 84.0 Å². The molecule has 1 rings (SSSR count). The van der Waals surface area contributed by atoms with Crippen LogP contribution in [0.4, 0.5) is 4.79 Å². The van der Waals surface area contributed by atoms with Gasteiger partial charge in [0.05, 0.1) is 12.3 Å². The fourth-order valence-electron chi connectivity index (χ4n) is 2.82. The van der Waals surface area contributed by atoms with E-state index in [0.717, 1.165) is 18.5 Å². The predicted molar refractivity (Wildman–Crippen MR) is 98.3 cm³/mol. The van der Waals surface area contributed by atoms with Crippen LogP contribution in [0, 0.1) is 0 Å². The highest BCUT2D eigenvalue weighted by atomic mass is 16.3. The van der Waals surface area contributed by atoms with E-state index in [0.29, 0.717) is 0 Å². The molecule has 0 aliphatic carbocycles. The Morgan fingerprint density at radius 2 is 1.62 bits per heavy atom. The lowest BCUT2D eigenvalue weighted by Crippen LogP contribution is -2.31. The van der Waals surface area contributed by atoms with Gasteiger partial charge in [-0.3, -0.25) is 0 Å². The van der Waals surface area contributed by atoms with E-state index in [1.54, 1.807) is 6.20 Å². The third kappa shape index (κ3) is 9.71. The normalized spacial score (nSPS) is 10.9. The van der Waals surface area contributed by atoms with Crippen LogP contribution in [-0.4, -0.2) is 34.1 Å². The van der Waals surface area contributed by atoms with Crippen molar-refractivity contribution in [3.05, 3.63) is 18.0 Å². The molecule has 0 saturated carbocycles. The van der Waals surface area contributed by atoms with Gasteiger partial charge in [0.2, 0.25) is 0 Å². The van der Waals surface area contributed by atoms with Gasteiger partial charge in [0, 0.05) is 12.7 Å². The first-order valence-electron chi connectivity index (χ1n) is 9.71. The van der Waals surface area contributed by atoms with Crippen LogP contribution in [0.25, 0.3) is 0 Å². The first-order chi connectivity index (χ1) is 11.8. The lowest BCUT2D eigenvalue weighted by molar-refractivity contribution is 0.233. The third-order valence-corrected chi connectivity index (χ3v) is 4.28. The lowest BCUT2D eigenvalue weighted by atomic mass is 10.0. The fraction of sp³-hybridized carbons (Fsp3) is 0.789. The number of carbonyl (C=O) groups excluding carboxylic acids is 1. The van der Waals surface area contributed by atoms with E-state index in [4.69, 9.17) is 5.11 Å². The molecule has 0 aliphatic rings. The molecule has 0 saturated heterocycles. The smallest absolute Gasteiger partial charge is 0.342 e. The van der Waals surface area contributed by atoms with Crippen LogP contribution in [0.1, 0.15) is 83.2 Å². The molecular formula is C19H35N3O2. The fourth-order valence-corrected chi connectivity index (χ4v) is 2.82. The number of nitrogens with zero attached hydrogens (tertiary/aromatic N) is 2. The highest BCUT2D eigenvalue weighted by molar-refractivity contribution is 5.75. The molecule has 0 aliphatic heterocycles. The van der Waals surface area contributed by atoms with Gasteiger partial charge < -0.3 is 10.4 Å². The Morgan fingerprint density at radius 3 is 2.21 bits per heavy atom. The number of aromatic nitrogens is 2. The van der Waals surface area contributed by atoms with Crippen molar-refractivity contribution in [3.63, 3.8) is 0 Å². The number of nitrogens with one attached hydrogen (secondary N) is 1. The molecule has 1 aromatic rings. The van der Waals surface area contributed by atoms with E-state index in [9.17, 15) is 4.79 Å². The average molecular weight is 338 g/mol. The molecule has 0 spiro atoms. The van der Waals surface area contributed by atoms with Gasteiger partial charge in [-0.2, -0.15) is 9.78 Å². The number of hydrogen-bond acceptors (Lipinski definition) is 3. The Balaban J connectivity index is 1.98. The summed E-state index contributed by atoms with van der Waals surface area (Å²) in [6, 6.07) is 1.61. The molecule has 1 heterocycles. The standard InChI is InChI=1S/C19H35N3O2/c1-2-3-4-5-6-7-8-9-10-11-12-13-18-14-16-22(21-18)19(24)20-15-17-23/h14,16,23H,2-13,15,17H2,1H3,(H,20,24). The maximum absolute atomic E-state index is 11.7. The maximum atomic E-state index is 11.7. The second kappa shape index (κ2) is 14.0. The van der Waals surface area contributed by atoms with Crippen LogP contribution in [0.2, 0.25) is 0 Å². The van der Waals surface area contributed by atoms with Crippen molar-refractivity contribution in [3.8, 4) is 0 Å². The molecule has 5 heteroatoms. The number of carbonyl (C=O) groups is 1. The maximum Gasteiger partial charge on any atom is 0.342 e. The van der Waals surface area contributed by atoms with E-state index >= 15 is 0 Å². The topological polar surface area (TPSA) is 67.2 Å². The van der Waals surface area contributed by atoms with Gasteiger partial charge in [-0.25, -0.2) is 4.79 Å². The molecule has 5 nitrogen and oxygen atoms in total. The Labute approximate surface area is 146 Å². The number of aliphatic hydroxyl groups excluding tert-OH is 1. The van der Waals surface area contributed by atoms with Gasteiger partial charge in [-0.1, -0.05) is 71.1 Å². The van der Waals surface area contributed by atoms with Crippen molar-refractivity contribution in [2.75, 3.05) is 13.2 Å². The first kappa shape index (κ1) is 20.7. The Hall–Kier alpha value is -1.36. The third-order valence-electron chi connectivity index (χ3n) is 4.28. The van der Waals surface area contributed by atoms with Crippen LogP contribution in [0.15, 0.2) is 12.3 Å². The minimum absolute atomic E-state index is 0.0569. The average Bonchev–Trinajstić information content (AvgIpc) is 3.06. The SMILES string of the molecule is CCCCCCCCCCCCCc1ccn(C(=O)NCCO)n1. The lowest BCUT2D eigenvalue weighted by Gasteiger charge is -2.03. The number of aliphatic hydroxyl groups is 1. The van der Waals surface area contributed by atoms with Crippen molar-refractivity contribution in [1.29, 1.82) is 0 Å². The molecule has 0 aromatic carbocycles. The molecule has 138 valence electrons. The first-order valence-corrected chi connectivity index (χ1v) is 9.71. The molecule has 1 amide bonds. The monoisotopic (exact) mass is 337 g/mol. The van der Waals surface area contributed by atoms with Gasteiger partial charge in [0.15, 0.2) is 0 Å². The quantitative estimate of drug-likeness (QED) is 0.498. The summed E-state index contributed by atoms with van der Waals surface area (Å²) in [7, 11) is 0. The van der Waals surface area contributed by atoms with Crippen LogP contribution in [0.5, 0.6) is 0 Å². The van der Waals surface area contributed by atoms with E-state index in [1.807, 2.05) is 6.07 Å². The molecule has 1 aromatic heterocycles. The van der Waals surface area contributed by atoms with Crippen molar-refractivity contribution in [1.82, 2.24) is 15.1 Å². The van der Waals surface area contributed by atoms with E-state index in [-0.39, 0.29) is 19.2 Å². The van der Waals surface area contributed by atoms with E-state index in [1.165, 1.54) is 68.9 Å². The highest BCUT2D eigenvalue weighted by Gasteiger charge is 2.05. The Bertz CT molecular complexity index is 432. The van der Waals surface area contributed by atoms with Gasteiger partial charge >= 0.3 is 6.03 Å². The number of unbranched alkanes of at least 4 members (excludes halogenated alkanes) is 10. The van der Waals surface area contributed by atoms with E-state index < -0.39 is 0 Å². The zero-order valence-corrected chi connectivity index (χ0v) is 15.3. The molecule has 0 radical (unpaired) electrons. The van der Waals surface area contributed by atoms with Crippen LogP contribution >= 0.6 is 0 Å². The molecule has 0 fully saturated rings. The summed E-state index contributed by atoms with van der Waals surface area (Å²) in [6.45, 7) is 2.46. The van der Waals surface area contributed by atoms with E-state index in [2.05, 4.69) is 17.3 Å². The molecule has 0 bridgehead atoms. The van der Waals surface area contributed by atoms with Crippen LogP contribution < -0.4 is 5.32 Å². The second-order valence-corrected chi connectivity index (χ2v) is 6.49. The summed E-state index contributed by atoms with van der Waals surface area (Å²) in [4.78, 5) is 11.7. The summed E-state index contributed by atoms with van der Waals surface area (Å²) in [5.74, 6) is 0. The Kier molecular flexibility index (Phi) is 12.1. The number of amides is 1. The largest absolute Gasteiger partial charge is 0.395 e. The van der Waals surface area contributed by atoms with Crippen molar-refractivity contribution in [2.24, 2.45) is 0 Å².